The molecule has 98 valence electrons. The standard InChI is InChI=1S/C16H17NO2/c1-2-17(15-11-7-4-8-12-15)16(18)19-13-14-9-5-3-6-10-14/h3-12H,2,13H2,1H3. The summed E-state index contributed by atoms with van der Waals surface area (Å²) in [7, 11) is 0. The van der Waals surface area contributed by atoms with Crippen LogP contribution in [-0.4, -0.2) is 12.6 Å². The summed E-state index contributed by atoms with van der Waals surface area (Å²) in [6.07, 6.45) is -0.322. The van der Waals surface area contributed by atoms with Crippen molar-refractivity contribution in [3.63, 3.8) is 0 Å². The molecule has 0 heterocycles. The third-order valence-corrected chi connectivity index (χ3v) is 2.81. The predicted molar refractivity (Wildman–Crippen MR) is 76.1 cm³/mol. The molecule has 0 aromatic heterocycles. The number of rotatable bonds is 4. The van der Waals surface area contributed by atoms with Gasteiger partial charge in [-0.25, -0.2) is 4.79 Å². The summed E-state index contributed by atoms with van der Waals surface area (Å²) >= 11 is 0. The van der Waals surface area contributed by atoms with E-state index in [2.05, 4.69) is 0 Å². The lowest BCUT2D eigenvalue weighted by Gasteiger charge is -2.20. The van der Waals surface area contributed by atoms with Crippen molar-refractivity contribution < 1.29 is 9.53 Å². The molecule has 0 unspecified atom stereocenters. The Hall–Kier alpha value is -2.29. The van der Waals surface area contributed by atoms with Crippen LogP contribution < -0.4 is 4.90 Å². The maximum absolute atomic E-state index is 12.1. The zero-order valence-electron chi connectivity index (χ0n) is 11.0. The van der Waals surface area contributed by atoms with Gasteiger partial charge in [0.05, 0.1) is 0 Å². The first-order chi connectivity index (χ1) is 9.31. The van der Waals surface area contributed by atoms with Gasteiger partial charge in [0.2, 0.25) is 0 Å². The normalized spacial score (nSPS) is 9.95. The maximum Gasteiger partial charge on any atom is 0.414 e. The van der Waals surface area contributed by atoms with Gasteiger partial charge in [-0.15, -0.1) is 0 Å². The summed E-state index contributed by atoms with van der Waals surface area (Å²) in [6, 6.07) is 19.2. The summed E-state index contributed by atoms with van der Waals surface area (Å²) in [5.74, 6) is 0. The molecule has 19 heavy (non-hydrogen) atoms. The Balaban J connectivity index is 1.98. The molecule has 0 bridgehead atoms. The maximum atomic E-state index is 12.1. The molecule has 0 saturated heterocycles. The largest absolute Gasteiger partial charge is 0.444 e. The smallest absolute Gasteiger partial charge is 0.414 e. The van der Waals surface area contributed by atoms with E-state index in [0.717, 1.165) is 11.3 Å². The summed E-state index contributed by atoms with van der Waals surface area (Å²) in [5.41, 5.74) is 1.84. The Bertz CT molecular complexity index is 511. The van der Waals surface area contributed by atoms with Crippen molar-refractivity contribution in [3.8, 4) is 0 Å². The molecule has 0 aliphatic rings. The van der Waals surface area contributed by atoms with Gasteiger partial charge >= 0.3 is 6.09 Å². The number of nitrogens with zero attached hydrogens (tertiary/aromatic N) is 1. The SMILES string of the molecule is CCN(C(=O)OCc1ccccc1)c1ccccc1. The Morgan fingerprint density at radius 3 is 2.16 bits per heavy atom. The van der Waals surface area contributed by atoms with E-state index in [1.165, 1.54) is 0 Å². The highest BCUT2D eigenvalue weighted by atomic mass is 16.6. The first-order valence-corrected chi connectivity index (χ1v) is 6.34. The van der Waals surface area contributed by atoms with Crippen molar-refractivity contribution in [2.45, 2.75) is 13.5 Å². The van der Waals surface area contributed by atoms with E-state index in [1.54, 1.807) is 4.90 Å². The number of hydrogen-bond donors (Lipinski definition) is 0. The van der Waals surface area contributed by atoms with Crippen LogP contribution in [0.15, 0.2) is 60.7 Å². The Labute approximate surface area is 113 Å². The minimum absolute atomic E-state index is 0.295. The van der Waals surface area contributed by atoms with Gasteiger partial charge in [0, 0.05) is 12.2 Å². The Morgan fingerprint density at radius 1 is 1.00 bits per heavy atom. The van der Waals surface area contributed by atoms with Crippen molar-refractivity contribution in [2.24, 2.45) is 0 Å². The lowest BCUT2D eigenvalue weighted by atomic mass is 10.2. The zero-order valence-corrected chi connectivity index (χ0v) is 11.0. The fraction of sp³-hybridized carbons (Fsp3) is 0.188. The average molecular weight is 255 g/mol. The highest BCUT2D eigenvalue weighted by Gasteiger charge is 2.14. The van der Waals surface area contributed by atoms with Crippen LogP contribution in [0.3, 0.4) is 0 Å². The van der Waals surface area contributed by atoms with Crippen LogP contribution in [0.1, 0.15) is 12.5 Å². The van der Waals surface area contributed by atoms with Gasteiger partial charge in [-0.05, 0) is 24.6 Å². The molecule has 0 aliphatic heterocycles. The van der Waals surface area contributed by atoms with E-state index in [4.69, 9.17) is 4.74 Å². The third-order valence-electron chi connectivity index (χ3n) is 2.81. The summed E-state index contributed by atoms with van der Waals surface area (Å²) < 4.78 is 5.32. The molecule has 0 radical (unpaired) electrons. The average Bonchev–Trinajstić information content (AvgIpc) is 2.48. The quantitative estimate of drug-likeness (QED) is 0.830. The van der Waals surface area contributed by atoms with E-state index >= 15 is 0 Å². The Morgan fingerprint density at radius 2 is 1.58 bits per heavy atom. The summed E-state index contributed by atoms with van der Waals surface area (Å²) in [6.45, 7) is 2.80. The van der Waals surface area contributed by atoms with Crippen LogP contribution in [0.2, 0.25) is 0 Å². The van der Waals surface area contributed by atoms with E-state index in [9.17, 15) is 4.79 Å². The van der Waals surface area contributed by atoms with E-state index in [-0.39, 0.29) is 6.09 Å². The van der Waals surface area contributed by atoms with Crippen molar-refractivity contribution >= 4 is 11.8 Å². The number of carbonyl (C=O) groups excluding carboxylic acids is 1. The molecule has 1 amide bonds. The second-order valence-corrected chi connectivity index (χ2v) is 4.12. The first-order valence-electron chi connectivity index (χ1n) is 6.34. The number of carbonyl (C=O) groups is 1. The highest BCUT2D eigenvalue weighted by Crippen LogP contribution is 2.14. The van der Waals surface area contributed by atoms with Gasteiger partial charge in [-0.2, -0.15) is 0 Å². The molecule has 0 atom stereocenters. The van der Waals surface area contributed by atoms with Crippen LogP contribution >= 0.6 is 0 Å². The van der Waals surface area contributed by atoms with Gasteiger partial charge < -0.3 is 4.74 Å². The van der Waals surface area contributed by atoms with Gasteiger partial charge in [0.1, 0.15) is 6.61 Å². The molecular weight excluding hydrogens is 238 g/mol. The van der Waals surface area contributed by atoms with E-state index in [0.29, 0.717) is 13.2 Å². The lowest BCUT2D eigenvalue weighted by molar-refractivity contribution is 0.147. The van der Waals surface area contributed by atoms with Crippen molar-refractivity contribution in [1.82, 2.24) is 0 Å². The van der Waals surface area contributed by atoms with Crippen molar-refractivity contribution in [1.29, 1.82) is 0 Å². The van der Waals surface area contributed by atoms with E-state index in [1.807, 2.05) is 67.6 Å². The molecule has 2 rings (SSSR count). The molecule has 3 heteroatoms. The van der Waals surface area contributed by atoms with Crippen LogP contribution in [0, 0.1) is 0 Å². The van der Waals surface area contributed by atoms with Gasteiger partial charge in [-0.3, -0.25) is 4.90 Å². The molecule has 3 nitrogen and oxygen atoms in total. The predicted octanol–water partition coefficient (Wildman–Crippen LogP) is 3.85. The monoisotopic (exact) mass is 255 g/mol. The second-order valence-electron chi connectivity index (χ2n) is 4.12. The number of hydrogen-bond acceptors (Lipinski definition) is 2. The number of ether oxygens (including phenoxy) is 1. The highest BCUT2D eigenvalue weighted by molar-refractivity contribution is 5.87. The second kappa shape index (κ2) is 6.59. The number of benzene rings is 2. The summed E-state index contributed by atoms with van der Waals surface area (Å²) in [4.78, 5) is 13.7. The molecule has 0 fully saturated rings. The molecule has 0 spiro atoms. The topological polar surface area (TPSA) is 29.5 Å². The minimum atomic E-state index is -0.322. The molecule has 2 aromatic rings. The molecule has 2 aromatic carbocycles. The fourth-order valence-electron chi connectivity index (χ4n) is 1.82. The van der Waals surface area contributed by atoms with Gasteiger partial charge in [-0.1, -0.05) is 48.5 Å². The number of amides is 1. The molecule has 0 N–H and O–H groups in total. The number of para-hydroxylation sites is 1. The van der Waals surface area contributed by atoms with Crippen molar-refractivity contribution in [2.75, 3.05) is 11.4 Å². The van der Waals surface area contributed by atoms with Gasteiger partial charge in [0.25, 0.3) is 0 Å². The lowest BCUT2D eigenvalue weighted by Crippen LogP contribution is -2.31. The van der Waals surface area contributed by atoms with Crippen LogP contribution in [-0.2, 0) is 11.3 Å². The van der Waals surface area contributed by atoms with Crippen LogP contribution in [0.25, 0.3) is 0 Å². The van der Waals surface area contributed by atoms with Crippen LogP contribution in [0.5, 0.6) is 0 Å². The Kier molecular flexibility index (Phi) is 4.56. The first kappa shape index (κ1) is 13.1. The molecule has 0 aliphatic carbocycles. The van der Waals surface area contributed by atoms with E-state index < -0.39 is 0 Å². The van der Waals surface area contributed by atoms with Gasteiger partial charge in [0.15, 0.2) is 0 Å². The third kappa shape index (κ3) is 3.58. The molecular formula is C16H17NO2. The summed E-state index contributed by atoms with van der Waals surface area (Å²) in [5, 5.41) is 0. The minimum Gasteiger partial charge on any atom is -0.444 e. The van der Waals surface area contributed by atoms with Crippen molar-refractivity contribution in [3.05, 3.63) is 66.2 Å². The fourth-order valence-corrected chi connectivity index (χ4v) is 1.82. The van der Waals surface area contributed by atoms with Crippen LogP contribution in [0.4, 0.5) is 10.5 Å². The molecule has 0 saturated carbocycles. The number of anilines is 1. The zero-order chi connectivity index (χ0) is 13.5.